The Hall–Kier alpha value is -0.730. The molecule has 1 aliphatic carbocycles. The van der Waals surface area contributed by atoms with Crippen LogP contribution in [-0.4, -0.2) is 40.5 Å². The molecule has 2 amide bonds. The van der Waals surface area contributed by atoms with Crippen LogP contribution in [0.4, 0.5) is 4.79 Å². The van der Waals surface area contributed by atoms with Gasteiger partial charge in [0.1, 0.15) is 0 Å². The van der Waals surface area contributed by atoms with Gasteiger partial charge in [-0.1, -0.05) is 19.3 Å². The summed E-state index contributed by atoms with van der Waals surface area (Å²) in [7, 11) is 0. The molecule has 1 atom stereocenters. The molecule has 2 aliphatic rings. The van der Waals surface area contributed by atoms with Gasteiger partial charge in [-0.05, 0) is 52.9 Å². The van der Waals surface area contributed by atoms with Gasteiger partial charge in [0.15, 0.2) is 0 Å². The van der Waals surface area contributed by atoms with E-state index < -0.39 is 0 Å². The lowest BCUT2D eigenvalue weighted by atomic mass is 9.93. The zero-order valence-corrected chi connectivity index (χ0v) is 12.9. The fraction of sp³-hybridized carbons (Fsp3) is 0.938. The van der Waals surface area contributed by atoms with Gasteiger partial charge in [0.05, 0.1) is 0 Å². The summed E-state index contributed by atoms with van der Waals surface area (Å²) < 4.78 is 0. The average Bonchev–Trinajstić information content (AvgIpc) is 2.40. The summed E-state index contributed by atoms with van der Waals surface area (Å²) in [5, 5.41) is 0. The Balaban J connectivity index is 2.06. The summed E-state index contributed by atoms with van der Waals surface area (Å²) >= 11 is 0. The van der Waals surface area contributed by atoms with Crippen LogP contribution in [0.5, 0.6) is 0 Å². The Morgan fingerprint density at radius 3 is 2.26 bits per heavy atom. The number of hydrogen-bond acceptors (Lipinski definition) is 1. The number of piperidine rings is 1. The number of urea groups is 1. The SMILES string of the molecule is CC1CCCCN1C(=O)N(C(C)C)C1CCCCC1. The summed E-state index contributed by atoms with van der Waals surface area (Å²) in [5.41, 5.74) is 0. The van der Waals surface area contributed by atoms with Crippen molar-refractivity contribution in [2.75, 3.05) is 6.54 Å². The van der Waals surface area contributed by atoms with Crippen LogP contribution in [0.3, 0.4) is 0 Å². The van der Waals surface area contributed by atoms with Crippen molar-refractivity contribution < 1.29 is 4.79 Å². The maximum Gasteiger partial charge on any atom is 0.320 e. The van der Waals surface area contributed by atoms with Crippen molar-refractivity contribution in [3.63, 3.8) is 0 Å². The molecule has 0 aromatic rings. The molecule has 0 aromatic heterocycles. The first kappa shape index (κ1) is 14.7. The minimum absolute atomic E-state index is 0.300. The van der Waals surface area contributed by atoms with E-state index in [4.69, 9.17) is 0 Å². The molecular weight excluding hydrogens is 236 g/mol. The molecule has 2 rings (SSSR count). The summed E-state index contributed by atoms with van der Waals surface area (Å²) in [6.07, 6.45) is 9.94. The highest BCUT2D eigenvalue weighted by atomic mass is 16.2. The average molecular weight is 266 g/mol. The van der Waals surface area contributed by atoms with Crippen molar-refractivity contribution >= 4 is 6.03 Å². The third-order valence-corrected chi connectivity index (χ3v) is 4.79. The second-order valence-electron chi connectivity index (χ2n) is 6.61. The van der Waals surface area contributed by atoms with Crippen molar-refractivity contribution in [3.8, 4) is 0 Å². The number of nitrogens with zero attached hydrogens (tertiary/aromatic N) is 2. The molecule has 1 saturated heterocycles. The highest BCUT2D eigenvalue weighted by Crippen LogP contribution is 2.27. The van der Waals surface area contributed by atoms with E-state index in [2.05, 4.69) is 30.6 Å². The molecule has 1 saturated carbocycles. The smallest absolute Gasteiger partial charge is 0.320 e. The van der Waals surface area contributed by atoms with Gasteiger partial charge in [-0.15, -0.1) is 0 Å². The lowest BCUT2D eigenvalue weighted by Crippen LogP contribution is -2.55. The third kappa shape index (κ3) is 3.43. The predicted octanol–water partition coefficient (Wildman–Crippen LogP) is 4.02. The van der Waals surface area contributed by atoms with Crippen LogP contribution in [0.2, 0.25) is 0 Å². The first-order valence-electron chi connectivity index (χ1n) is 8.20. The van der Waals surface area contributed by atoms with Gasteiger partial charge in [-0.25, -0.2) is 4.79 Å². The maximum atomic E-state index is 12.9. The maximum absolute atomic E-state index is 12.9. The molecule has 2 fully saturated rings. The zero-order chi connectivity index (χ0) is 13.8. The monoisotopic (exact) mass is 266 g/mol. The van der Waals surface area contributed by atoms with E-state index in [1.165, 1.54) is 51.4 Å². The molecule has 1 aliphatic heterocycles. The van der Waals surface area contributed by atoms with Crippen molar-refractivity contribution in [1.82, 2.24) is 9.80 Å². The van der Waals surface area contributed by atoms with Crippen LogP contribution in [0.25, 0.3) is 0 Å². The van der Waals surface area contributed by atoms with Crippen molar-refractivity contribution in [3.05, 3.63) is 0 Å². The molecule has 3 heteroatoms. The molecule has 1 unspecified atom stereocenters. The molecule has 1 heterocycles. The normalized spacial score (nSPS) is 25.7. The molecular formula is C16H30N2O. The van der Waals surface area contributed by atoms with Gasteiger partial charge in [-0.3, -0.25) is 0 Å². The first-order chi connectivity index (χ1) is 9.11. The van der Waals surface area contributed by atoms with Gasteiger partial charge >= 0.3 is 6.03 Å². The van der Waals surface area contributed by atoms with Crippen LogP contribution < -0.4 is 0 Å². The quantitative estimate of drug-likeness (QED) is 0.740. The van der Waals surface area contributed by atoms with E-state index >= 15 is 0 Å². The van der Waals surface area contributed by atoms with Crippen LogP contribution in [0, 0.1) is 0 Å². The van der Waals surface area contributed by atoms with Crippen LogP contribution in [-0.2, 0) is 0 Å². The lowest BCUT2D eigenvalue weighted by Gasteiger charge is -2.43. The summed E-state index contributed by atoms with van der Waals surface area (Å²) in [4.78, 5) is 17.2. The first-order valence-corrected chi connectivity index (χ1v) is 8.20. The highest BCUT2D eigenvalue weighted by Gasteiger charge is 2.33. The topological polar surface area (TPSA) is 23.6 Å². The fourth-order valence-electron chi connectivity index (χ4n) is 3.69. The van der Waals surface area contributed by atoms with Gasteiger partial charge in [0.2, 0.25) is 0 Å². The van der Waals surface area contributed by atoms with Crippen LogP contribution in [0.1, 0.15) is 72.1 Å². The van der Waals surface area contributed by atoms with E-state index in [0.29, 0.717) is 24.2 Å². The largest absolute Gasteiger partial charge is 0.322 e. The standard InChI is InChI=1S/C16H30N2O/c1-13(2)18(15-10-5-4-6-11-15)16(19)17-12-8-7-9-14(17)3/h13-15H,4-12H2,1-3H3. The van der Waals surface area contributed by atoms with E-state index in [9.17, 15) is 4.79 Å². The molecule has 0 radical (unpaired) electrons. The van der Waals surface area contributed by atoms with Crippen molar-refractivity contribution in [1.29, 1.82) is 0 Å². The number of likely N-dealkylation sites (tertiary alicyclic amines) is 1. The third-order valence-electron chi connectivity index (χ3n) is 4.79. The molecule has 3 nitrogen and oxygen atoms in total. The number of rotatable bonds is 2. The van der Waals surface area contributed by atoms with Gasteiger partial charge in [0.25, 0.3) is 0 Å². The Morgan fingerprint density at radius 1 is 1.05 bits per heavy atom. The summed E-state index contributed by atoms with van der Waals surface area (Å²) in [6.45, 7) is 7.49. The Kier molecular flexibility index (Phi) is 5.12. The predicted molar refractivity (Wildman–Crippen MR) is 79.3 cm³/mol. The Morgan fingerprint density at radius 2 is 1.68 bits per heavy atom. The van der Waals surface area contributed by atoms with Crippen LogP contribution in [0.15, 0.2) is 0 Å². The van der Waals surface area contributed by atoms with E-state index in [0.717, 1.165) is 6.54 Å². The highest BCUT2D eigenvalue weighted by molar-refractivity contribution is 5.75. The second-order valence-corrected chi connectivity index (χ2v) is 6.61. The zero-order valence-electron chi connectivity index (χ0n) is 12.9. The van der Waals surface area contributed by atoms with E-state index in [1.807, 2.05) is 0 Å². The van der Waals surface area contributed by atoms with Crippen molar-refractivity contribution in [2.45, 2.75) is 90.3 Å². The molecule has 0 bridgehead atoms. The number of carbonyl (C=O) groups excluding carboxylic acids is 1. The molecule has 0 aromatic carbocycles. The second kappa shape index (κ2) is 6.62. The number of hydrogen-bond donors (Lipinski definition) is 0. The number of carbonyl (C=O) groups is 1. The Labute approximate surface area is 118 Å². The van der Waals surface area contributed by atoms with E-state index in [1.54, 1.807) is 0 Å². The van der Waals surface area contributed by atoms with Gasteiger partial charge in [-0.2, -0.15) is 0 Å². The number of amides is 2. The minimum atomic E-state index is 0.300. The van der Waals surface area contributed by atoms with E-state index in [-0.39, 0.29) is 0 Å². The molecule has 110 valence electrons. The lowest BCUT2D eigenvalue weighted by molar-refractivity contribution is 0.0811. The van der Waals surface area contributed by atoms with Gasteiger partial charge < -0.3 is 9.80 Å². The Bertz CT molecular complexity index is 297. The van der Waals surface area contributed by atoms with Crippen LogP contribution >= 0.6 is 0 Å². The minimum Gasteiger partial charge on any atom is -0.322 e. The van der Waals surface area contributed by atoms with Gasteiger partial charge in [0, 0.05) is 24.7 Å². The molecule has 0 N–H and O–H groups in total. The summed E-state index contributed by atoms with van der Waals surface area (Å²) in [6, 6.07) is 1.53. The fourth-order valence-corrected chi connectivity index (χ4v) is 3.69. The molecule has 0 spiro atoms. The van der Waals surface area contributed by atoms with Crippen molar-refractivity contribution in [2.24, 2.45) is 0 Å². The molecule has 19 heavy (non-hydrogen) atoms. The summed E-state index contributed by atoms with van der Waals surface area (Å²) in [5.74, 6) is 0.